The molecule has 5 rings (SSSR count). The third kappa shape index (κ3) is 5.80. The number of carbonyl (C=O) groups excluding carboxylic acids is 2. The van der Waals surface area contributed by atoms with E-state index in [9.17, 15) is 26.8 Å². The van der Waals surface area contributed by atoms with Gasteiger partial charge in [-0.3, -0.25) is 9.10 Å². The van der Waals surface area contributed by atoms with Crippen LogP contribution in [0.15, 0.2) is 65.6 Å². The van der Waals surface area contributed by atoms with Crippen LogP contribution >= 0.6 is 11.6 Å². The van der Waals surface area contributed by atoms with E-state index in [0.29, 0.717) is 12.1 Å². The molecule has 42 heavy (non-hydrogen) atoms. The van der Waals surface area contributed by atoms with E-state index >= 15 is 0 Å². The Morgan fingerprint density at radius 1 is 0.952 bits per heavy atom. The molecule has 3 aromatic rings. The zero-order valence-corrected chi connectivity index (χ0v) is 24.9. The molecule has 0 bridgehead atoms. The first kappa shape index (κ1) is 29.8. The van der Waals surface area contributed by atoms with Crippen molar-refractivity contribution in [2.75, 3.05) is 30.5 Å². The summed E-state index contributed by atoms with van der Waals surface area (Å²) >= 11 is 6.37. The van der Waals surface area contributed by atoms with Crippen LogP contribution in [0.25, 0.3) is 0 Å². The van der Waals surface area contributed by atoms with Crippen LogP contribution in [-0.2, 0) is 21.2 Å². The first-order chi connectivity index (χ1) is 19.8. The summed E-state index contributed by atoms with van der Waals surface area (Å²) in [6.07, 6.45) is -0.0586. The molecular weight excluding hydrogens is 588 g/mol. The van der Waals surface area contributed by atoms with E-state index in [2.05, 4.69) is 0 Å². The summed E-state index contributed by atoms with van der Waals surface area (Å²) < 4.78 is 62.3. The standard InChI is InChI=1S/C30H30ClF2N3O5S/c1-30(2,3)41-29(38)34-14-15-35(26(18-34)20-9-11-23(32)24(33)16-20)28(37)21-8-10-22(31)27(17-21)42(39,40)36-13-12-19-6-4-5-7-25(19)36/h4-11,16-17,26H,12-15,18H2,1-3H3. The zero-order chi connectivity index (χ0) is 30.4. The van der Waals surface area contributed by atoms with Crippen molar-refractivity contribution in [3.05, 3.63) is 94.0 Å². The summed E-state index contributed by atoms with van der Waals surface area (Å²) in [5, 5.41) is -0.0390. The lowest BCUT2D eigenvalue weighted by molar-refractivity contribution is 0.00404. The van der Waals surface area contributed by atoms with Gasteiger partial charge in [-0.15, -0.1) is 0 Å². The fourth-order valence-electron chi connectivity index (χ4n) is 5.20. The highest BCUT2D eigenvalue weighted by atomic mass is 35.5. The molecule has 1 saturated heterocycles. The Bertz CT molecular complexity index is 1660. The van der Waals surface area contributed by atoms with E-state index in [1.165, 1.54) is 38.4 Å². The van der Waals surface area contributed by atoms with Crippen LogP contribution in [0.1, 0.15) is 48.3 Å². The minimum absolute atomic E-state index is 0.0337. The van der Waals surface area contributed by atoms with Crippen molar-refractivity contribution in [3.63, 3.8) is 0 Å². The molecule has 0 saturated carbocycles. The zero-order valence-electron chi connectivity index (χ0n) is 23.3. The average Bonchev–Trinajstić information content (AvgIpc) is 3.38. The topological polar surface area (TPSA) is 87.2 Å². The quantitative estimate of drug-likeness (QED) is 0.369. The number of piperazine rings is 1. The molecular formula is C30H30ClF2N3O5S. The van der Waals surface area contributed by atoms with E-state index in [4.69, 9.17) is 16.3 Å². The summed E-state index contributed by atoms with van der Waals surface area (Å²) in [7, 11) is -4.11. The lowest BCUT2D eigenvalue weighted by Crippen LogP contribution is -2.53. The molecule has 2 aliphatic heterocycles. The maximum Gasteiger partial charge on any atom is 0.410 e. The van der Waals surface area contributed by atoms with Gasteiger partial charge in [-0.1, -0.05) is 35.9 Å². The van der Waals surface area contributed by atoms with Crippen LogP contribution in [0.3, 0.4) is 0 Å². The molecule has 0 aliphatic carbocycles. The molecule has 0 radical (unpaired) electrons. The molecule has 2 aliphatic rings. The molecule has 1 atom stereocenters. The number of para-hydroxylation sites is 1. The second-order valence-electron chi connectivity index (χ2n) is 11.2. The fraction of sp³-hybridized carbons (Fsp3) is 0.333. The molecule has 0 N–H and O–H groups in total. The predicted octanol–water partition coefficient (Wildman–Crippen LogP) is 5.80. The van der Waals surface area contributed by atoms with Crippen molar-refractivity contribution in [2.45, 2.75) is 43.7 Å². The lowest BCUT2D eigenvalue weighted by Gasteiger charge is -2.42. The van der Waals surface area contributed by atoms with Crippen molar-refractivity contribution < 1.29 is 31.5 Å². The van der Waals surface area contributed by atoms with Crippen molar-refractivity contribution in [1.29, 1.82) is 0 Å². The van der Waals surface area contributed by atoms with Crippen LogP contribution in [0.5, 0.6) is 0 Å². The Hall–Kier alpha value is -3.70. The summed E-state index contributed by atoms with van der Waals surface area (Å²) in [5.74, 6) is -2.70. The first-order valence-corrected chi connectivity index (χ1v) is 15.2. The molecule has 3 aromatic carbocycles. The lowest BCUT2D eigenvalue weighted by atomic mass is 10.0. The number of sulfonamides is 1. The number of benzene rings is 3. The summed E-state index contributed by atoms with van der Waals surface area (Å²) in [5.41, 5.74) is 1.00. The highest BCUT2D eigenvalue weighted by Gasteiger charge is 2.37. The van der Waals surface area contributed by atoms with Gasteiger partial charge in [-0.05, 0) is 74.7 Å². The first-order valence-electron chi connectivity index (χ1n) is 13.4. The highest BCUT2D eigenvalue weighted by Crippen LogP contribution is 2.36. The van der Waals surface area contributed by atoms with Crippen LogP contribution in [0.4, 0.5) is 19.3 Å². The number of rotatable bonds is 4. The number of amides is 2. The van der Waals surface area contributed by atoms with Crippen LogP contribution in [0, 0.1) is 11.6 Å². The van der Waals surface area contributed by atoms with Crippen LogP contribution < -0.4 is 4.31 Å². The van der Waals surface area contributed by atoms with Gasteiger partial charge in [0.25, 0.3) is 15.9 Å². The van der Waals surface area contributed by atoms with Crippen LogP contribution in [0.2, 0.25) is 5.02 Å². The minimum Gasteiger partial charge on any atom is -0.444 e. The summed E-state index contributed by atoms with van der Waals surface area (Å²) in [4.78, 5) is 29.4. The molecule has 8 nitrogen and oxygen atoms in total. The number of hydrogen-bond donors (Lipinski definition) is 0. The van der Waals surface area contributed by atoms with Crippen molar-refractivity contribution in [2.24, 2.45) is 0 Å². The van der Waals surface area contributed by atoms with E-state index in [0.717, 1.165) is 17.7 Å². The predicted molar refractivity (Wildman–Crippen MR) is 154 cm³/mol. The van der Waals surface area contributed by atoms with Gasteiger partial charge in [-0.25, -0.2) is 22.0 Å². The fourth-order valence-corrected chi connectivity index (χ4v) is 7.21. The van der Waals surface area contributed by atoms with E-state index in [1.807, 2.05) is 12.1 Å². The largest absolute Gasteiger partial charge is 0.444 e. The Morgan fingerprint density at radius 2 is 1.69 bits per heavy atom. The molecule has 12 heteroatoms. The van der Waals surface area contributed by atoms with Gasteiger partial charge in [0.15, 0.2) is 11.6 Å². The summed E-state index contributed by atoms with van der Waals surface area (Å²) in [6, 6.07) is 13.6. The van der Waals surface area contributed by atoms with Gasteiger partial charge in [0.05, 0.1) is 16.8 Å². The van der Waals surface area contributed by atoms with Gasteiger partial charge in [0.1, 0.15) is 10.5 Å². The van der Waals surface area contributed by atoms with Gasteiger partial charge >= 0.3 is 6.09 Å². The summed E-state index contributed by atoms with van der Waals surface area (Å²) in [6.45, 7) is 5.52. The Kier molecular flexibility index (Phi) is 7.93. The number of nitrogens with zero attached hydrogens (tertiary/aromatic N) is 3. The van der Waals surface area contributed by atoms with Gasteiger partial charge < -0.3 is 14.5 Å². The number of halogens is 3. The molecule has 222 valence electrons. The van der Waals surface area contributed by atoms with E-state index in [-0.39, 0.29) is 47.2 Å². The molecule has 1 unspecified atom stereocenters. The number of fused-ring (bicyclic) bond motifs is 1. The number of ether oxygens (including phenoxy) is 1. The molecule has 0 spiro atoms. The third-order valence-electron chi connectivity index (χ3n) is 7.21. The van der Waals surface area contributed by atoms with Gasteiger partial charge in [0.2, 0.25) is 0 Å². The van der Waals surface area contributed by atoms with Gasteiger partial charge in [0, 0.05) is 31.7 Å². The Labute approximate surface area is 248 Å². The monoisotopic (exact) mass is 617 g/mol. The average molecular weight is 618 g/mol. The molecule has 0 aromatic heterocycles. The second kappa shape index (κ2) is 11.2. The van der Waals surface area contributed by atoms with Crippen molar-refractivity contribution in [1.82, 2.24) is 9.80 Å². The van der Waals surface area contributed by atoms with E-state index < -0.39 is 45.3 Å². The normalized spacial score (nSPS) is 17.3. The minimum atomic E-state index is -4.11. The third-order valence-corrected chi connectivity index (χ3v) is 9.51. The number of hydrogen-bond acceptors (Lipinski definition) is 5. The van der Waals surface area contributed by atoms with Crippen molar-refractivity contribution in [3.8, 4) is 0 Å². The number of carbonyl (C=O) groups is 2. The maximum atomic E-state index is 14.3. The maximum absolute atomic E-state index is 14.3. The Morgan fingerprint density at radius 3 is 2.40 bits per heavy atom. The SMILES string of the molecule is CC(C)(C)OC(=O)N1CCN(C(=O)c2ccc(Cl)c(S(=O)(=O)N3CCc4ccccc43)c2)C(c2ccc(F)c(F)c2)C1. The smallest absolute Gasteiger partial charge is 0.410 e. The van der Waals surface area contributed by atoms with Gasteiger partial charge in [-0.2, -0.15) is 0 Å². The molecule has 2 amide bonds. The van der Waals surface area contributed by atoms with E-state index in [1.54, 1.807) is 32.9 Å². The van der Waals surface area contributed by atoms with Crippen molar-refractivity contribution >= 4 is 39.3 Å². The molecule has 1 fully saturated rings. The highest BCUT2D eigenvalue weighted by molar-refractivity contribution is 7.93. The Balaban J connectivity index is 1.48. The molecule has 2 heterocycles. The number of anilines is 1. The van der Waals surface area contributed by atoms with Crippen LogP contribution in [-0.4, -0.2) is 62.0 Å². The second-order valence-corrected chi connectivity index (χ2v) is 13.5.